The Morgan fingerprint density at radius 3 is 2.42 bits per heavy atom. The third kappa shape index (κ3) is 6.64. The predicted octanol–water partition coefficient (Wildman–Crippen LogP) is 2.23. The highest BCUT2D eigenvalue weighted by molar-refractivity contribution is 5.76. The topological polar surface area (TPSA) is 66.0 Å². The molecule has 1 heterocycles. The van der Waals surface area contributed by atoms with E-state index in [4.69, 9.17) is 0 Å². The van der Waals surface area contributed by atoms with Crippen LogP contribution in [0.25, 0.3) is 0 Å². The predicted molar refractivity (Wildman–Crippen MR) is 79.4 cm³/mol. The number of amides is 1. The lowest BCUT2D eigenvalue weighted by molar-refractivity contribution is -0.121. The van der Waals surface area contributed by atoms with Crippen molar-refractivity contribution in [2.75, 3.05) is 23.7 Å². The summed E-state index contributed by atoms with van der Waals surface area (Å²) in [6, 6.07) is 2.19. The summed E-state index contributed by atoms with van der Waals surface area (Å²) in [6.07, 6.45) is 5.10. The van der Waals surface area contributed by atoms with Crippen LogP contribution in [-0.4, -0.2) is 30.0 Å². The lowest BCUT2D eigenvalue weighted by Gasteiger charge is -2.10. The Balaban J connectivity index is 2.34. The van der Waals surface area contributed by atoms with Gasteiger partial charge in [-0.2, -0.15) is 0 Å². The highest BCUT2D eigenvalue weighted by atomic mass is 16.1. The minimum Gasteiger partial charge on any atom is -0.384 e. The average Bonchev–Trinajstić information content (AvgIpc) is 2.36. The molecule has 0 aliphatic carbocycles. The van der Waals surface area contributed by atoms with Gasteiger partial charge in [-0.15, -0.1) is 0 Å². The molecule has 1 rings (SSSR count). The van der Waals surface area contributed by atoms with Gasteiger partial charge < -0.3 is 16.0 Å². The maximum absolute atomic E-state index is 11.5. The van der Waals surface area contributed by atoms with E-state index < -0.39 is 0 Å². The zero-order valence-corrected chi connectivity index (χ0v) is 12.0. The molecule has 0 saturated carbocycles. The molecule has 0 bridgehead atoms. The number of pyridine rings is 1. The van der Waals surface area contributed by atoms with E-state index in [0.717, 1.165) is 24.3 Å². The Hall–Kier alpha value is -1.78. The van der Waals surface area contributed by atoms with Crippen LogP contribution in [0.5, 0.6) is 0 Å². The summed E-state index contributed by atoms with van der Waals surface area (Å²) in [7, 11) is 0. The molecule has 19 heavy (non-hydrogen) atoms. The van der Waals surface area contributed by atoms with Crippen molar-refractivity contribution in [2.24, 2.45) is 0 Å². The number of carbonyl (C=O) groups excluding carboxylic acids is 1. The van der Waals surface area contributed by atoms with Crippen LogP contribution in [0.1, 0.15) is 33.6 Å². The summed E-state index contributed by atoms with van der Waals surface area (Å²) in [5.41, 5.74) is 1.93. The fraction of sp³-hybridized carbons (Fsp3) is 0.571. The van der Waals surface area contributed by atoms with E-state index in [1.165, 1.54) is 0 Å². The second-order valence-electron chi connectivity index (χ2n) is 4.79. The molecule has 0 saturated heterocycles. The van der Waals surface area contributed by atoms with Gasteiger partial charge in [0.1, 0.15) is 0 Å². The van der Waals surface area contributed by atoms with Crippen LogP contribution in [0, 0.1) is 0 Å². The van der Waals surface area contributed by atoms with Crippen LogP contribution < -0.4 is 16.0 Å². The summed E-state index contributed by atoms with van der Waals surface area (Å²) in [5, 5.41) is 9.34. The van der Waals surface area contributed by atoms with Crippen molar-refractivity contribution in [2.45, 2.75) is 39.7 Å². The number of nitrogens with one attached hydrogen (secondary N) is 3. The van der Waals surface area contributed by atoms with Gasteiger partial charge in [-0.1, -0.05) is 6.92 Å². The van der Waals surface area contributed by atoms with Crippen molar-refractivity contribution in [3.8, 4) is 0 Å². The van der Waals surface area contributed by atoms with Gasteiger partial charge in [-0.05, 0) is 26.3 Å². The lowest BCUT2D eigenvalue weighted by Crippen LogP contribution is -2.31. The van der Waals surface area contributed by atoms with Crippen molar-refractivity contribution in [3.05, 3.63) is 18.5 Å². The molecule has 0 aliphatic rings. The van der Waals surface area contributed by atoms with E-state index in [2.05, 4.69) is 27.9 Å². The fourth-order valence-electron chi connectivity index (χ4n) is 1.62. The first-order valence-electron chi connectivity index (χ1n) is 6.84. The van der Waals surface area contributed by atoms with E-state index in [9.17, 15) is 4.79 Å². The molecule has 0 atom stereocenters. The molecule has 1 amide bonds. The molecular formula is C14H24N4O. The van der Waals surface area contributed by atoms with Gasteiger partial charge in [-0.25, -0.2) is 0 Å². The monoisotopic (exact) mass is 264 g/mol. The highest BCUT2D eigenvalue weighted by Crippen LogP contribution is 2.12. The Kier molecular flexibility index (Phi) is 6.71. The average molecular weight is 264 g/mol. The van der Waals surface area contributed by atoms with Crippen LogP contribution in [0.4, 0.5) is 11.4 Å². The zero-order chi connectivity index (χ0) is 14.1. The Labute approximate surface area is 115 Å². The van der Waals surface area contributed by atoms with Gasteiger partial charge in [0, 0.05) is 25.6 Å². The minimum atomic E-state index is 0.0655. The molecular weight excluding hydrogens is 240 g/mol. The lowest BCUT2D eigenvalue weighted by atomic mass is 10.3. The van der Waals surface area contributed by atoms with Crippen molar-refractivity contribution < 1.29 is 4.79 Å². The van der Waals surface area contributed by atoms with Crippen LogP contribution in [0.15, 0.2) is 18.5 Å². The van der Waals surface area contributed by atoms with Crippen LogP contribution in [-0.2, 0) is 4.79 Å². The van der Waals surface area contributed by atoms with E-state index >= 15 is 0 Å². The summed E-state index contributed by atoms with van der Waals surface area (Å²) in [4.78, 5) is 15.6. The van der Waals surface area contributed by atoms with E-state index in [1.807, 2.05) is 19.9 Å². The van der Waals surface area contributed by atoms with Crippen LogP contribution in [0.3, 0.4) is 0 Å². The zero-order valence-electron chi connectivity index (χ0n) is 12.0. The van der Waals surface area contributed by atoms with Crippen LogP contribution >= 0.6 is 0 Å². The molecule has 1 aromatic heterocycles. The Morgan fingerprint density at radius 2 is 1.84 bits per heavy atom. The molecule has 0 spiro atoms. The van der Waals surface area contributed by atoms with Crippen molar-refractivity contribution in [1.29, 1.82) is 0 Å². The van der Waals surface area contributed by atoms with Crippen LogP contribution in [0.2, 0.25) is 0 Å². The molecule has 0 aliphatic heterocycles. The number of carbonyl (C=O) groups is 1. The molecule has 1 aromatic rings. The van der Waals surface area contributed by atoms with Gasteiger partial charge in [0.15, 0.2) is 0 Å². The fourth-order valence-corrected chi connectivity index (χ4v) is 1.62. The second kappa shape index (κ2) is 8.34. The van der Waals surface area contributed by atoms with Crippen molar-refractivity contribution in [1.82, 2.24) is 10.3 Å². The smallest absolute Gasteiger partial charge is 0.221 e. The van der Waals surface area contributed by atoms with Gasteiger partial charge in [0.25, 0.3) is 0 Å². The summed E-state index contributed by atoms with van der Waals surface area (Å²) >= 11 is 0. The van der Waals surface area contributed by atoms with Gasteiger partial charge in [0.2, 0.25) is 5.91 Å². The number of aromatic nitrogens is 1. The molecule has 5 nitrogen and oxygen atoms in total. The van der Waals surface area contributed by atoms with Crippen molar-refractivity contribution >= 4 is 17.3 Å². The summed E-state index contributed by atoms with van der Waals surface area (Å²) in [6.45, 7) is 7.57. The molecule has 3 N–H and O–H groups in total. The number of hydrogen-bond acceptors (Lipinski definition) is 4. The SMILES string of the molecule is CCCNc1cncc(NCCC(=O)NC(C)C)c1. The first kappa shape index (κ1) is 15.3. The molecule has 106 valence electrons. The van der Waals surface area contributed by atoms with Gasteiger partial charge >= 0.3 is 0 Å². The quantitative estimate of drug-likeness (QED) is 0.673. The van der Waals surface area contributed by atoms with Gasteiger partial charge in [0.05, 0.1) is 23.8 Å². The standard InChI is InChI=1S/C14H24N4O/c1-4-6-16-12-8-13(10-15-9-12)17-7-5-14(19)18-11(2)3/h8-11,16-17H,4-7H2,1-3H3,(H,18,19). The number of nitrogens with zero attached hydrogens (tertiary/aromatic N) is 1. The molecule has 0 aromatic carbocycles. The Morgan fingerprint density at radius 1 is 1.21 bits per heavy atom. The van der Waals surface area contributed by atoms with E-state index in [-0.39, 0.29) is 11.9 Å². The molecule has 0 fully saturated rings. The van der Waals surface area contributed by atoms with Gasteiger partial charge in [-0.3, -0.25) is 9.78 Å². The minimum absolute atomic E-state index is 0.0655. The maximum Gasteiger partial charge on any atom is 0.221 e. The first-order chi connectivity index (χ1) is 9.11. The van der Waals surface area contributed by atoms with E-state index in [1.54, 1.807) is 12.4 Å². The third-order valence-electron chi connectivity index (χ3n) is 2.45. The largest absolute Gasteiger partial charge is 0.384 e. The molecule has 0 radical (unpaired) electrons. The highest BCUT2D eigenvalue weighted by Gasteiger charge is 2.02. The maximum atomic E-state index is 11.5. The van der Waals surface area contributed by atoms with Crippen molar-refractivity contribution in [3.63, 3.8) is 0 Å². The first-order valence-corrected chi connectivity index (χ1v) is 6.84. The molecule has 5 heteroatoms. The Bertz CT molecular complexity index is 393. The molecule has 0 unspecified atom stereocenters. The number of rotatable bonds is 8. The second-order valence-corrected chi connectivity index (χ2v) is 4.79. The number of hydrogen-bond donors (Lipinski definition) is 3. The van der Waals surface area contributed by atoms with E-state index in [0.29, 0.717) is 13.0 Å². The summed E-state index contributed by atoms with van der Waals surface area (Å²) < 4.78 is 0. The number of anilines is 2. The summed E-state index contributed by atoms with van der Waals surface area (Å²) in [5.74, 6) is 0.0655. The third-order valence-corrected chi connectivity index (χ3v) is 2.45. The normalized spacial score (nSPS) is 10.3.